The molecule has 1 N–H and O–H groups in total. The normalized spacial score (nSPS) is 12.9. The predicted octanol–water partition coefficient (Wildman–Crippen LogP) is 5.11. The molecule has 0 atom stereocenters. The number of benzene rings is 1. The second-order valence-corrected chi connectivity index (χ2v) is 6.40. The molecule has 1 rings (SSSR count). The van der Waals surface area contributed by atoms with E-state index >= 15 is 0 Å². The molecule has 0 saturated heterocycles. The molecule has 0 bridgehead atoms. The summed E-state index contributed by atoms with van der Waals surface area (Å²) in [6.45, 7) is 12.3. The molecule has 0 heterocycles. The van der Waals surface area contributed by atoms with Gasteiger partial charge in [-0.1, -0.05) is 59.4 Å². The summed E-state index contributed by atoms with van der Waals surface area (Å²) in [5.74, 6) is -0.138. The second kappa shape index (κ2) is 3.69. The van der Waals surface area contributed by atoms with E-state index in [1.165, 1.54) is 0 Å². The van der Waals surface area contributed by atoms with Crippen molar-refractivity contribution in [3.05, 3.63) is 29.0 Å². The van der Waals surface area contributed by atoms with Gasteiger partial charge in [0.1, 0.15) is 0 Å². The molecule has 0 aromatic heterocycles. The Kier molecular flexibility index (Phi) is 2.97. The zero-order chi connectivity index (χ0) is 12.7. The smallest absolute Gasteiger partial charge is 0.167 e. The molecule has 89 valence electrons. The third-order valence-corrected chi connectivity index (χ3v) is 2.76. The monoisotopic (exact) mass is 219 g/mol. The van der Waals surface area contributed by atoms with E-state index in [9.17, 15) is 5.11 Å². The molecule has 2 nitrogen and oxygen atoms in total. The standard InChI is InChI=1S/C14H21NO/c1-13(2,3)9-7-10(14(4,5)6)12(16)11(15)8-9/h7-8,15H,1-6H3/q-1. The fourth-order valence-corrected chi connectivity index (χ4v) is 1.62. The van der Waals surface area contributed by atoms with Crippen molar-refractivity contribution in [3.63, 3.8) is 0 Å². The third-order valence-electron chi connectivity index (χ3n) is 2.76. The first-order chi connectivity index (χ1) is 7.03. The maximum Gasteiger partial charge on any atom is 0.167 e. The van der Waals surface area contributed by atoms with Gasteiger partial charge in [0.15, 0.2) is 5.75 Å². The van der Waals surface area contributed by atoms with E-state index in [0.717, 1.165) is 11.1 Å². The van der Waals surface area contributed by atoms with Crippen molar-refractivity contribution in [1.29, 1.82) is 0 Å². The Morgan fingerprint density at radius 3 is 1.81 bits per heavy atom. The van der Waals surface area contributed by atoms with Gasteiger partial charge in [0.2, 0.25) is 0 Å². The van der Waals surface area contributed by atoms with Crippen LogP contribution in [0.5, 0.6) is 5.75 Å². The molecule has 0 saturated carbocycles. The molecule has 2 heteroatoms. The van der Waals surface area contributed by atoms with Crippen molar-refractivity contribution in [1.82, 2.24) is 0 Å². The van der Waals surface area contributed by atoms with Crippen LogP contribution in [0.4, 0.5) is 5.69 Å². The van der Waals surface area contributed by atoms with Crippen molar-refractivity contribution in [2.75, 3.05) is 0 Å². The quantitative estimate of drug-likeness (QED) is 0.582. The van der Waals surface area contributed by atoms with E-state index < -0.39 is 0 Å². The van der Waals surface area contributed by atoms with Crippen LogP contribution in [-0.4, -0.2) is 0 Å². The summed E-state index contributed by atoms with van der Waals surface area (Å²) in [5.41, 5.74) is 9.43. The predicted molar refractivity (Wildman–Crippen MR) is 68.0 cm³/mol. The highest BCUT2D eigenvalue weighted by atomic mass is 16.3. The lowest BCUT2D eigenvalue weighted by Gasteiger charge is -2.27. The number of rotatable bonds is 0. The van der Waals surface area contributed by atoms with Gasteiger partial charge < -0.3 is 5.73 Å². The SMILES string of the molecule is CC(C)(C)c1cc([NH-])c([O])c(C(C)(C)C)c1. The first kappa shape index (κ1) is 12.9. The van der Waals surface area contributed by atoms with Crippen molar-refractivity contribution in [2.24, 2.45) is 0 Å². The summed E-state index contributed by atoms with van der Waals surface area (Å²) in [6.07, 6.45) is 0. The van der Waals surface area contributed by atoms with Gasteiger partial charge in [0.05, 0.1) is 0 Å². The molecule has 1 aromatic rings. The lowest BCUT2D eigenvalue weighted by molar-refractivity contribution is 0.343. The average Bonchev–Trinajstić information content (AvgIpc) is 2.05. The highest BCUT2D eigenvalue weighted by Crippen LogP contribution is 2.41. The minimum absolute atomic E-state index is 0.0243. The highest BCUT2D eigenvalue weighted by molar-refractivity contribution is 5.63. The Balaban J connectivity index is 3.46. The molecule has 16 heavy (non-hydrogen) atoms. The lowest BCUT2D eigenvalue weighted by atomic mass is 9.80. The zero-order valence-electron chi connectivity index (χ0n) is 11.1. The van der Waals surface area contributed by atoms with Crippen LogP contribution in [0.15, 0.2) is 12.1 Å². The van der Waals surface area contributed by atoms with Gasteiger partial charge in [-0.25, -0.2) is 0 Å². The third kappa shape index (κ3) is 2.49. The Morgan fingerprint density at radius 2 is 1.44 bits per heavy atom. The van der Waals surface area contributed by atoms with Crippen LogP contribution in [0.2, 0.25) is 0 Å². The lowest BCUT2D eigenvalue weighted by Crippen LogP contribution is -2.16. The van der Waals surface area contributed by atoms with E-state index in [2.05, 4.69) is 20.8 Å². The molecule has 0 aliphatic rings. The van der Waals surface area contributed by atoms with Crippen molar-refractivity contribution in [2.45, 2.75) is 52.4 Å². The first-order valence-corrected chi connectivity index (χ1v) is 5.61. The highest BCUT2D eigenvalue weighted by Gasteiger charge is 2.23. The van der Waals surface area contributed by atoms with Crippen molar-refractivity contribution < 1.29 is 5.11 Å². The van der Waals surface area contributed by atoms with Gasteiger partial charge in [-0.2, -0.15) is 0 Å². The molecule has 1 radical (unpaired) electrons. The maximum absolute atomic E-state index is 11.9. The van der Waals surface area contributed by atoms with Crippen LogP contribution in [0.1, 0.15) is 52.7 Å². The van der Waals surface area contributed by atoms with E-state index in [1.807, 2.05) is 26.8 Å². The van der Waals surface area contributed by atoms with Gasteiger partial charge >= 0.3 is 0 Å². The molecule has 0 aliphatic carbocycles. The second-order valence-electron chi connectivity index (χ2n) is 6.40. The van der Waals surface area contributed by atoms with Gasteiger partial charge in [-0.05, 0) is 16.4 Å². The Morgan fingerprint density at radius 1 is 0.938 bits per heavy atom. The topological polar surface area (TPSA) is 43.7 Å². The minimum atomic E-state index is -0.200. The molecule has 0 amide bonds. The number of nitrogens with one attached hydrogen (secondary N) is 1. The number of hydrogen-bond acceptors (Lipinski definition) is 0. The largest absolute Gasteiger partial charge is 0.696 e. The molecule has 0 fully saturated rings. The summed E-state index contributed by atoms with van der Waals surface area (Å²) in [6, 6.07) is 3.65. The Labute approximate surface area is 98.5 Å². The summed E-state index contributed by atoms with van der Waals surface area (Å²) >= 11 is 0. The van der Waals surface area contributed by atoms with Gasteiger partial charge in [-0.15, -0.1) is 0 Å². The van der Waals surface area contributed by atoms with E-state index in [4.69, 9.17) is 5.73 Å². The summed E-state index contributed by atoms with van der Waals surface area (Å²) in [7, 11) is 0. The van der Waals surface area contributed by atoms with Crippen LogP contribution in [0, 0.1) is 0 Å². The summed E-state index contributed by atoms with van der Waals surface area (Å²) < 4.78 is 0. The zero-order valence-corrected chi connectivity index (χ0v) is 11.1. The van der Waals surface area contributed by atoms with Gasteiger partial charge in [0.25, 0.3) is 0 Å². The van der Waals surface area contributed by atoms with E-state index in [-0.39, 0.29) is 22.3 Å². The first-order valence-electron chi connectivity index (χ1n) is 5.61. The molecule has 0 spiro atoms. The van der Waals surface area contributed by atoms with Gasteiger partial charge in [-0.3, -0.25) is 5.11 Å². The Bertz CT molecular complexity index is 394. The van der Waals surface area contributed by atoms with Crippen LogP contribution >= 0.6 is 0 Å². The van der Waals surface area contributed by atoms with Crippen LogP contribution < -0.4 is 0 Å². The summed E-state index contributed by atoms with van der Waals surface area (Å²) in [5, 5.41) is 11.9. The number of hydrogen-bond donors (Lipinski definition) is 0. The molecular weight excluding hydrogens is 198 g/mol. The van der Waals surface area contributed by atoms with E-state index in [0.29, 0.717) is 0 Å². The van der Waals surface area contributed by atoms with Crippen molar-refractivity contribution >= 4 is 5.69 Å². The van der Waals surface area contributed by atoms with Gasteiger partial charge in [0, 0.05) is 5.56 Å². The molecular formula is C14H21NO-. The Hall–Kier alpha value is -1.18. The average molecular weight is 219 g/mol. The maximum atomic E-state index is 11.9. The van der Waals surface area contributed by atoms with Crippen LogP contribution in [0.3, 0.4) is 0 Å². The molecule has 0 unspecified atom stereocenters. The molecule has 1 aromatic carbocycles. The van der Waals surface area contributed by atoms with Crippen molar-refractivity contribution in [3.8, 4) is 5.75 Å². The molecule has 0 aliphatic heterocycles. The van der Waals surface area contributed by atoms with Crippen LogP contribution in [0.25, 0.3) is 5.73 Å². The van der Waals surface area contributed by atoms with Crippen LogP contribution in [-0.2, 0) is 15.9 Å². The van der Waals surface area contributed by atoms with E-state index in [1.54, 1.807) is 6.07 Å². The fraction of sp³-hybridized carbons (Fsp3) is 0.571. The summed E-state index contributed by atoms with van der Waals surface area (Å²) in [4.78, 5) is 0. The fourth-order valence-electron chi connectivity index (χ4n) is 1.62. The minimum Gasteiger partial charge on any atom is -0.696 e.